The Kier molecular flexibility index (Phi) is 7.84. The number of hydrogen-bond donors (Lipinski definition) is 1. The Balaban J connectivity index is 1.28. The number of carbonyl (C=O) groups is 2. The summed E-state index contributed by atoms with van der Waals surface area (Å²) < 4.78 is 0. The minimum Gasteiger partial charge on any atom is -0.339 e. The molecule has 0 saturated carbocycles. The van der Waals surface area contributed by atoms with Gasteiger partial charge in [0, 0.05) is 44.3 Å². The highest BCUT2D eigenvalue weighted by Crippen LogP contribution is 2.22. The molecule has 8 nitrogen and oxygen atoms in total. The summed E-state index contributed by atoms with van der Waals surface area (Å²) in [4.78, 5) is 43.2. The number of aryl methyl sites for hydroxylation is 2. The fraction of sp³-hybridized carbons (Fsp3) is 0.400. The van der Waals surface area contributed by atoms with Crippen molar-refractivity contribution in [2.24, 2.45) is 0 Å². The fourth-order valence-electron chi connectivity index (χ4n) is 3.89. The first-order valence-electron chi connectivity index (χ1n) is 11.7. The molecule has 3 aromatic rings. The Bertz CT molecular complexity index is 1110. The molecule has 0 radical (unpaired) electrons. The molecule has 178 valence electrons. The second kappa shape index (κ2) is 11.2. The largest absolute Gasteiger partial charge is 0.339 e. The van der Waals surface area contributed by atoms with Crippen LogP contribution in [0.15, 0.2) is 42.7 Å². The smallest absolute Gasteiger partial charge is 0.267 e. The van der Waals surface area contributed by atoms with Crippen LogP contribution in [0.4, 0.5) is 11.6 Å². The van der Waals surface area contributed by atoms with E-state index in [-0.39, 0.29) is 11.8 Å². The lowest BCUT2D eigenvalue weighted by molar-refractivity contribution is -0.130. The van der Waals surface area contributed by atoms with Crippen LogP contribution in [0.25, 0.3) is 0 Å². The van der Waals surface area contributed by atoms with Gasteiger partial charge in [-0.3, -0.25) is 9.59 Å². The molecule has 3 heterocycles. The monoisotopic (exact) mass is 478 g/mol. The summed E-state index contributed by atoms with van der Waals surface area (Å²) in [6, 6.07) is 9.28. The van der Waals surface area contributed by atoms with Gasteiger partial charge in [0.25, 0.3) is 5.91 Å². The normalized spacial score (nSPS) is 13.7. The first kappa shape index (κ1) is 23.8. The van der Waals surface area contributed by atoms with Crippen molar-refractivity contribution in [3.8, 4) is 0 Å². The minimum atomic E-state index is -0.137. The second-order valence-corrected chi connectivity index (χ2v) is 9.45. The minimum absolute atomic E-state index is 0.102. The lowest BCUT2D eigenvalue weighted by Gasteiger charge is -2.34. The van der Waals surface area contributed by atoms with Gasteiger partial charge >= 0.3 is 0 Å². The van der Waals surface area contributed by atoms with E-state index < -0.39 is 0 Å². The molecule has 1 aliphatic rings. The number of nitrogens with zero attached hydrogens (tertiary/aromatic N) is 5. The number of thiazole rings is 1. The van der Waals surface area contributed by atoms with E-state index in [0.717, 1.165) is 48.6 Å². The van der Waals surface area contributed by atoms with E-state index in [1.807, 2.05) is 36.1 Å². The predicted octanol–water partition coefficient (Wildman–Crippen LogP) is 3.73. The van der Waals surface area contributed by atoms with Gasteiger partial charge in [-0.25, -0.2) is 15.0 Å². The van der Waals surface area contributed by atoms with Crippen LogP contribution in [0.1, 0.15) is 45.7 Å². The number of aromatic nitrogens is 3. The maximum Gasteiger partial charge on any atom is 0.267 e. The summed E-state index contributed by atoms with van der Waals surface area (Å²) in [5.74, 6) is 0.671. The van der Waals surface area contributed by atoms with E-state index >= 15 is 0 Å². The van der Waals surface area contributed by atoms with Crippen LogP contribution >= 0.6 is 11.3 Å². The number of rotatable bonds is 8. The maximum atomic E-state index is 12.8. The summed E-state index contributed by atoms with van der Waals surface area (Å²) in [5.41, 5.74) is 2.41. The van der Waals surface area contributed by atoms with Gasteiger partial charge in [0.2, 0.25) is 11.9 Å². The lowest BCUT2D eigenvalue weighted by Crippen LogP contribution is -2.49. The van der Waals surface area contributed by atoms with Gasteiger partial charge in [0.1, 0.15) is 4.88 Å². The summed E-state index contributed by atoms with van der Waals surface area (Å²) in [6.07, 6.45) is 6.89. The maximum absolute atomic E-state index is 12.8. The van der Waals surface area contributed by atoms with Crippen molar-refractivity contribution >= 4 is 34.8 Å². The zero-order valence-electron chi connectivity index (χ0n) is 19.7. The SMILES string of the molecule is CCCCc1nc(C)c(C(=O)Nc2ccc(CC(=O)N3CCN(c4ncccn4)CC3)cc2)s1. The van der Waals surface area contributed by atoms with E-state index in [1.165, 1.54) is 11.3 Å². The molecule has 1 saturated heterocycles. The molecular weight excluding hydrogens is 448 g/mol. The predicted molar refractivity (Wildman–Crippen MR) is 134 cm³/mol. The third-order valence-electron chi connectivity index (χ3n) is 5.83. The molecule has 34 heavy (non-hydrogen) atoms. The summed E-state index contributed by atoms with van der Waals surface area (Å²) in [5, 5.41) is 3.96. The number of nitrogens with one attached hydrogen (secondary N) is 1. The molecule has 9 heteroatoms. The van der Waals surface area contributed by atoms with Crippen molar-refractivity contribution in [3.63, 3.8) is 0 Å². The molecule has 1 aliphatic heterocycles. The first-order chi connectivity index (χ1) is 16.5. The van der Waals surface area contributed by atoms with Gasteiger partial charge in [0.15, 0.2) is 0 Å². The highest BCUT2D eigenvalue weighted by Gasteiger charge is 2.22. The van der Waals surface area contributed by atoms with Crippen LogP contribution in [0, 0.1) is 6.92 Å². The van der Waals surface area contributed by atoms with Gasteiger partial charge in [-0.05, 0) is 43.5 Å². The van der Waals surface area contributed by atoms with Crippen molar-refractivity contribution in [1.29, 1.82) is 0 Å². The van der Waals surface area contributed by atoms with E-state index in [1.54, 1.807) is 18.5 Å². The highest BCUT2D eigenvalue weighted by molar-refractivity contribution is 7.13. The van der Waals surface area contributed by atoms with Gasteiger partial charge in [0.05, 0.1) is 17.1 Å². The molecule has 4 rings (SSSR count). The number of anilines is 2. The van der Waals surface area contributed by atoms with Crippen molar-refractivity contribution in [3.05, 3.63) is 63.9 Å². The number of piperazine rings is 1. The van der Waals surface area contributed by atoms with Crippen molar-refractivity contribution in [1.82, 2.24) is 19.9 Å². The van der Waals surface area contributed by atoms with E-state index in [9.17, 15) is 9.59 Å². The first-order valence-corrected chi connectivity index (χ1v) is 12.5. The lowest BCUT2D eigenvalue weighted by atomic mass is 10.1. The second-order valence-electron chi connectivity index (χ2n) is 8.37. The molecule has 0 bridgehead atoms. The van der Waals surface area contributed by atoms with Crippen LogP contribution in [-0.4, -0.2) is 57.8 Å². The summed E-state index contributed by atoms with van der Waals surface area (Å²) >= 11 is 1.47. The quantitative estimate of drug-likeness (QED) is 0.531. The topological polar surface area (TPSA) is 91.3 Å². The van der Waals surface area contributed by atoms with Crippen LogP contribution in [0.2, 0.25) is 0 Å². The molecule has 2 aromatic heterocycles. The molecule has 0 aliphatic carbocycles. The Hall–Kier alpha value is -3.33. The summed E-state index contributed by atoms with van der Waals surface area (Å²) in [6.45, 7) is 6.77. The Labute approximate surface area is 204 Å². The number of hydrogen-bond acceptors (Lipinski definition) is 7. The molecule has 0 spiro atoms. The third kappa shape index (κ3) is 5.96. The van der Waals surface area contributed by atoms with Gasteiger partial charge < -0.3 is 15.1 Å². The zero-order valence-corrected chi connectivity index (χ0v) is 20.5. The number of amides is 2. The van der Waals surface area contributed by atoms with Crippen molar-refractivity contribution < 1.29 is 9.59 Å². The Morgan fingerprint density at radius 2 is 1.76 bits per heavy atom. The molecule has 0 atom stereocenters. The number of unbranched alkanes of at least 4 members (excludes halogenated alkanes) is 1. The average Bonchev–Trinajstić information content (AvgIpc) is 3.25. The van der Waals surface area contributed by atoms with Crippen molar-refractivity contribution in [2.75, 3.05) is 36.4 Å². The van der Waals surface area contributed by atoms with E-state index in [0.29, 0.717) is 36.0 Å². The Morgan fingerprint density at radius 1 is 1.06 bits per heavy atom. The Morgan fingerprint density at radius 3 is 2.44 bits per heavy atom. The van der Waals surface area contributed by atoms with Crippen molar-refractivity contribution in [2.45, 2.75) is 39.5 Å². The molecular formula is C25H30N6O2S. The summed E-state index contributed by atoms with van der Waals surface area (Å²) in [7, 11) is 0. The van der Waals surface area contributed by atoms with Gasteiger partial charge in [-0.15, -0.1) is 11.3 Å². The van der Waals surface area contributed by atoms with Crippen LogP contribution in [0.5, 0.6) is 0 Å². The van der Waals surface area contributed by atoms with Gasteiger partial charge in [-0.2, -0.15) is 0 Å². The van der Waals surface area contributed by atoms with Gasteiger partial charge in [-0.1, -0.05) is 25.5 Å². The fourth-order valence-corrected chi connectivity index (χ4v) is 4.89. The number of carbonyl (C=O) groups excluding carboxylic acids is 2. The molecule has 2 amide bonds. The third-order valence-corrected chi connectivity index (χ3v) is 7.04. The standard InChI is InChI=1S/C25H30N6O2S/c1-3-4-6-21-28-18(2)23(34-21)24(33)29-20-9-7-19(8-10-20)17-22(32)30-13-15-31(16-14-30)25-26-11-5-12-27-25/h5,7-12H,3-4,6,13-17H2,1-2H3,(H,29,33). The van der Waals surface area contributed by atoms with Crippen LogP contribution < -0.4 is 10.2 Å². The van der Waals surface area contributed by atoms with Crippen LogP contribution in [-0.2, 0) is 17.6 Å². The molecule has 1 N–H and O–H groups in total. The zero-order chi connectivity index (χ0) is 23.9. The molecule has 1 aromatic carbocycles. The average molecular weight is 479 g/mol. The van der Waals surface area contributed by atoms with E-state index in [4.69, 9.17) is 0 Å². The molecule has 0 unspecified atom stereocenters. The van der Waals surface area contributed by atoms with Crippen LogP contribution in [0.3, 0.4) is 0 Å². The van der Waals surface area contributed by atoms with E-state index in [2.05, 4.69) is 32.1 Å². The highest BCUT2D eigenvalue weighted by atomic mass is 32.1. The molecule has 1 fully saturated rings. The number of benzene rings is 1.